The lowest BCUT2D eigenvalue weighted by atomic mass is 10.2. The van der Waals surface area contributed by atoms with Gasteiger partial charge in [-0.15, -0.1) is 0 Å². The number of phenols is 2. The molecule has 0 unspecified atom stereocenters. The van der Waals surface area contributed by atoms with Gasteiger partial charge in [0.2, 0.25) is 0 Å². The van der Waals surface area contributed by atoms with Gasteiger partial charge in [0.05, 0.1) is 0 Å². The number of nitrogens with zero attached hydrogens (tertiary/aromatic N) is 1. The van der Waals surface area contributed by atoms with E-state index >= 15 is 0 Å². The van der Waals surface area contributed by atoms with Crippen LogP contribution >= 0.6 is 0 Å². The molecule has 2 aromatic carbocycles. The second-order valence-corrected chi connectivity index (χ2v) is 6.01. The van der Waals surface area contributed by atoms with Gasteiger partial charge >= 0.3 is 5.97 Å². The molecular formula is C19H19NO7. The van der Waals surface area contributed by atoms with Gasteiger partial charge in [-0.1, -0.05) is 6.07 Å². The Balaban J connectivity index is 1.55. The van der Waals surface area contributed by atoms with E-state index in [0.717, 1.165) is 11.6 Å². The highest BCUT2D eigenvalue weighted by atomic mass is 16.6. The summed E-state index contributed by atoms with van der Waals surface area (Å²) < 4.78 is 15.9. The van der Waals surface area contributed by atoms with Crippen molar-refractivity contribution in [1.29, 1.82) is 0 Å². The number of aromatic hydroxyl groups is 2. The summed E-state index contributed by atoms with van der Waals surface area (Å²) in [6.07, 6.45) is 0. The first-order valence-corrected chi connectivity index (χ1v) is 8.25. The molecule has 0 saturated carbocycles. The maximum Gasteiger partial charge on any atom is 0.342 e. The number of rotatable bonds is 5. The van der Waals surface area contributed by atoms with Crippen molar-refractivity contribution in [3.05, 3.63) is 47.5 Å². The van der Waals surface area contributed by atoms with Crippen LogP contribution in [0.15, 0.2) is 36.4 Å². The van der Waals surface area contributed by atoms with Gasteiger partial charge in [-0.05, 0) is 29.8 Å². The van der Waals surface area contributed by atoms with Gasteiger partial charge < -0.3 is 29.3 Å². The zero-order valence-electron chi connectivity index (χ0n) is 14.7. The average Bonchev–Trinajstić information content (AvgIpc) is 2.65. The van der Waals surface area contributed by atoms with E-state index in [2.05, 4.69) is 0 Å². The number of amides is 1. The standard InChI is InChI=1S/C19H19NO7/c1-20(10-12-2-5-16-17(8-12)26-7-6-25-16)18(23)11-27-19(24)14-4-3-13(21)9-15(14)22/h2-5,8-9,21-22H,6-7,10-11H2,1H3. The Labute approximate surface area is 155 Å². The molecule has 2 N–H and O–H groups in total. The first-order valence-electron chi connectivity index (χ1n) is 8.25. The fraction of sp³-hybridized carbons (Fsp3) is 0.263. The molecule has 8 heteroatoms. The van der Waals surface area contributed by atoms with Crippen molar-refractivity contribution >= 4 is 11.9 Å². The zero-order chi connectivity index (χ0) is 19.4. The molecule has 3 rings (SSSR count). The minimum Gasteiger partial charge on any atom is -0.508 e. The van der Waals surface area contributed by atoms with Gasteiger partial charge in [0, 0.05) is 19.7 Å². The van der Waals surface area contributed by atoms with E-state index in [0.29, 0.717) is 31.3 Å². The van der Waals surface area contributed by atoms with Crippen LogP contribution in [0.4, 0.5) is 0 Å². The van der Waals surface area contributed by atoms with Gasteiger partial charge in [0.25, 0.3) is 5.91 Å². The normalized spacial score (nSPS) is 12.3. The number of esters is 1. The van der Waals surface area contributed by atoms with Crippen molar-refractivity contribution in [3.63, 3.8) is 0 Å². The Morgan fingerprint density at radius 1 is 1.07 bits per heavy atom. The van der Waals surface area contributed by atoms with E-state index in [1.807, 2.05) is 6.07 Å². The Bertz CT molecular complexity index is 865. The third kappa shape index (κ3) is 4.41. The summed E-state index contributed by atoms with van der Waals surface area (Å²) in [5.74, 6) is -0.558. The average molecular weight is 373 g/mol. The van der Waals surface area contributed by atoms with Crippen LogP contribution in [0, 0.1) is 0 Å². The molecule has 0 bridgehead atoms. The molecule has 0 aliphatic carbocycles. The number of phenolic OH excluding ortho intramolecular Hbond substituents is 2. The van der Waals surface area contributed by atoms with Gasteiger partial charge in [-0.3, -0.25) is 4.79 Å². The maximum absolute atomic E-state index is 12.2. The number of benzene rings is 2. The molecule has 8 nitrogen and oxygen atoms in total. The van der Waals surface area contributed by atoms with Crippen molar-refractivity contribution < 1.29 is 34.0 Å². The van der Waals surface area contributed by atoms with Gasteiger partial charge in [0.1, 0.15) is 30.3 Å². The summed E-state index contributed by atoms with van der Waals surface area (Å²) in [4.78, 5) is 25.6. The predicted octanol–water partition coefficient (Wildman–Crippen LogP) is 1.68. The van der Waals surface area contributed by atoms with Crippen molar-refractivity contribution in [2.75, 3.05) is 26.9 Å². The van der Waals surface area contributed by atoms with Crippen LogP contribution in [0.3, 0.4) is 0 Å². The maximum atomic E-state index is 12.2. The van der Waals surface area contributed by atoms with Crippen molar-refractivity contribution in [2.45, 2.75) is 6.54 Å². The molecule has 0 radical (unpaired) electrons. The lowest BCUT2D eigenvalue weighted by Crippen LogP contribution is -2.30. The number of ether oxygens (including phenoxy) is 3. The molecule has 1 heterocycles. The molecule has 142 valence electrons. The Morgan fingerprint density at radius 2 is 1.81 bits per heavy atom. The fourth-order valence-corrected chi connectivity index (χ4v) is 2.56. The molecule has 0 spiro atoms. The molecule has 2 aromatic rings. The van der Waals surface area contributed by atoms with Crippen LogP contribution in [0.1, 0.15) is 15.9 Å². The molecule has 1 aliphatic rings. The Kier molecular flexibility index (Phi) is 5.35. The van der Waals surface area contributed by atoms with E-state index in [-0.39, 0.29) is 11.3 Å². The van der Waals surface area contributed by atoms with Crippen molar-refractivity contribution in [3.8, 4) is 23.0 Å². The number of hydrogen-bond donors (Lipinski definition) is 2. The largest absolute Gasteiger partial charge is 0.508 e. The molecule has 0 saturated heterocycles. The molecule has 0 fully saturated rings. The number of carbonyl (C=O) groups is 2. The van der Waals surface area contributed by atoms with E-state index in [9.17, 15) is 19.8 Å². The molecule has 27 heavy (non-hydrogen) atoms. The van der Waals surface area contributed by atoms with Crippen LogP contribution in [0.5, 0.6) is 23.0 Å². The summed E-state index contributed by atoms with van der Waals surface area (Å²) in [6, 6.07) is 8.90. The lowest BCUT2D eigenvalue weighted by molar-refractivity contribution is -0.133. The van der Waals surface area contributed by atoms with Crippen LogP contribution < -0.4 is 9.47 Å². The second-order valence-electron chi connectivity index (χ2n) is 6.01. The number of hydrogen-bond acceptors (Lipinski definition) is 7. The second kappa shape index (κ2) is 7.86. The van der Waals surface area contributed by atoms with Crippen LogP contribution in [-0.2, 0) is 16.1 Å². The minimum atomic E-state index is -0.853. The molecule has 1 aliphatic heterocycles. The summed E-state index contributed by atoms with van der Waals surface area (Å²) in [5.41, 5.74) is 0.715. The van der Waals surface area contributed by atoms with E-state index < -0.39 is 24.2 Å². The van der Waals surface area contributed by atoms with Crippen LogP contribution in [-0.4, -0.2) is 53.9 Å². The zero-order valence-corrected chi connectivity index (χ0v) is 14.7. The topological polar surface area (TPSA) is 106 Å². The van der Waals surface area contributed by atoms with Gasteiger partial charge in [-0.25, -0.2) is 4.79 Å². The summed E-state index contributed by atoms with van der Waals surface area (Å²) in [6.45, 7) is 0.815. The smallest absolute Gasteiger partial charge is 0.342 e. The SMILES string of the molecule is CN(Cc1ccc2c(c1)OCCO2)C(=O)COC(=O)c1ccc(O)cc1O. The highest BCUT2D eigenvalue weighted by Gasteiger charge is 2.18. The van der Waals surface area contributed by atoms with E-state index in [1.165, 1.54) is 17.0 Å². The number of likely N-dealkylation sites (N-methyl/N-ethyl adjacent to an activating group) is 1. The number of fused-ring (bicyclic) bond motifs is 1. The number of carbonyl (C=O) groups excluding carboxylic acids is 2. The molecular weight excluding hydrogens is 354 g/mol. The first-order chi connectivity index (χ1) is 12.9. The highest BCUT2D eigenvalue weighted by molar-refractivity contribution is 5.94. The lowest BCUT2D eigenvalue weighted by Gasteiger charge is -2.21. The van der Waals surface area contributed by atoms with Crippen LogP contribution in [0.2, 0.25) is 0 Å². The quantitative estimate of drug-likeness (QED) is 0.768. The Hall–Kier alpha value is -3.42. The Morgan fingerprint density at radius 3 is 2.56 bits per heavy atom. The third-order valence-corrected chi connectivity index (χ3v) is 3.98. The van der Waals surface area contributed by atoms with Crippen LogP contribution in [0.25, 0.3) is 0 Å². The highest BCUT2D eigenvalue weighted by Crippen LogP contribution is 2.31. The minimum absolute atomic E-state index is 0.130. The summed E-state index contributed by atoms with van der Waals surface area (Å²) >= 11 is 0. The van der Waals surface area contributed by atoms with E-state index in [1.54, 1.807) is 19.2 Å². The van der Waals surface area contributed by atoms with Crippen molar-refractivity contribution in [1.82, 2.24) is 4.90 Å². The van der Waals surface area contributed by atoms with Gasteiger partial charge in [0.15, 0.2) is 18.1 Å². The molecule has 0 atom stereocenters. The monoisotopic (exact) mass is 373 g/mol. The predicted molar refractivity (Wildman–Crippen MR) is 94.0 cm³/mol. The van der Waals surface area contributed by atoms with Gasteiger partial charge in [-0.2, -0.15) is 0 Å². The fourth-order valence-electron chi connectivity index (χ4n) is 2.56. The third-order valence-electron chi connectivity index (χ3n) is 3.98. The summed E-state index contributed by atoms with van der Waals surface area (Å²) in [7, 11) is 1.59. The summed E-state index contributed by atoms with van der Waals surface area (Å²) in [5, 5.41) is 18.9. The first kappa shape index (κ1) is 18.4. The molecule has 1 amide bonds. The van der Waals surface area contributed by atoms with Crippen molar-refractivity contribution in [2.24, 2.45) is 0 Å². The van der Waals surface area contributed by atoms with E-state index in [4.69, 9.17) is 14.2 Å². The molecule has 0 aromatic heterocycles.